The van der Waals surface area contributed by atoms with E-state index >= 15 is 0 Å². The number of rotatable bonds is 3. The van der Waals surface area contributed by atoms with Gasteiger partial charge in [-0.2, -0.15) is 0 Å². The zero-order chi connectivity index (χ0) is 11.6. The summed E-state index contributed by atoms with van der Waals surface area (Å²) in [6.07, 6.45) is 0.175. The van der Waals surface area contributed by atoms with Crippen LogP contribution in [0, 0.1) is 17.5 Å². The molecule has 15 heavy (non-hydrogen) atoms. The Morgan fingerprint density at radius 3 is 2.33 bits per heavy atom. The van der Waals surface area contributed by atoms with Crippen LogP contribution >= 0.6 is 27.5 Å². The number of hydrogen-bond donors (Lipinski definition) is 1. The molecule has 84 valence electrons. The van der Waals surface area contributed by atoms with Crippen LogP contribution < -0.4 is 5.32 Å². The Bertz CT molecular complexity index is 355. The van der Waals surface area contributed by atoms with E-state index in [1.54, 1.807) is 7.05 Å². The maximum Gasteiger partial charge on any atom is 0.180 e. The zero-order valence-corrected chi connectivity index (χ0v) is 10.1. The Morgan fingerprint density at radius 2 is 1.80 bits per heavy atom. The topological polar surface area (TPSA) is 12.0 Å². The van der Waals surface area contributed by atoms with E-state index in [2.05, 4.69) is 21.2 Å². The molecule has 0 saturated carbocycles. The Morgan fingerprint density at radius 1 is 1.20 bits per heavy atom. The molecular weight excluding hydrogens is 294 g/mol. The zero-order valence-electron chi connectivity index (χ0n) is 7.80. The average molecular weight is 303 g/mol. The van der Waals surface area contributed by atoms with Crippen molar-refractivity contribution in [2.24, 2.45) is 0 Å². The monoisotopic (exact) mass is 301 g/mol. The molecule has 0 aliphatic heterocycles. The Hall–Kier alpha value is -0.260. The lowest BCUT2D eigenvalue weighted by atomic mass is 10.1. The standard InChI is InChI=1S/C9H8BrClF3N/c1-15-3-2-4-5(10)8(13)6(11)9(14)7(4)12/h15H,2-3H2,1H3. The van der Waals surface area contributed by atoms with Crippen molar-refractivity contribution in [2.45, 2.75) is 6.42 Å². The highest BCUT2D eigenvalue weighted by atomic mass is 79.9. The van der Waals surface area contributed by atoms with E-state index in [0.29, 0.717) is 6.54 Å². The fourth-order valence-corrected chi connectivity index (χ4v) is 1.98. The molecule has 0 unspecified atom stereocenters. The third-order valence-corrected chi connectivity index (χ3v) is 3.08. The Kier molecular flexibility index (Phi) is 4.43. The van der Waals surface area contributed by atoms with Gasteiger partial charge in [0.25, 0.3) is 0 Å². The SMILES string of the molecule is CNCCc1c(F)c(F)c(Cl)c(F)c1Br. The van der Waals surface area contributed by atoms with E-state index in [1.165, 1.54) is 0 Å². The highest BCUT2D eigenvalue weighted by molar-refractivity contribution is 9.10. The van der Waals surface area contributed by atoms with E-state index in [-0.39, 0.29) is 16.5 Å². The predicted molar refractivity (Wildman–Crippen MR) is 56.7 cm³/mol. The normalized spacial score (nSPS) is 10.8. The van der Waals surface area contributed by atoms with Gasteiger partial charge >= 0.3 is 0 Å². The molecule has 0 spiro atoms. The molecule has 0 heterocycles. The van der Waals surface area contributed by atoms with Crippen molar-refractivity contribution in [3.05, 3.63) is 32.5 Å². The molecule has 0 saturated heterocycles. The van der Waals surface area contributed by atoms with Gasteiger partial charge in [0.2, 0.25) is 0 Å². The van der Waals surface area contributed by atoms with Crippen molar-refractivity contribution in [3.63, 3.8) is 0 Å². The van der Waals surface area contributed by atoms with Crippen molar-refractivity contribution >= 4 is 27.5 Å². The number of nitrogens with one attached hydrogen (secondary N) is 1. The summed E-state index contributed by atoms with van der Waals surface area (Å²) < 4.78 is 39.5. The van der Waals surface area contributed by atoms with Gasteiger partial charge in [-0.1, -0.05) is 11.6 Å². The van der Waals surface area contributed by atoms with Crippen LogP contribution in [0.15, 0.2) is 4.47 Å². The largest absolute Gasteiger partial charge is 0.319 e. The maximum atomic E-state index is 13.3. The molecule has 1 N–H and O–H groups in total. The molecule has 0 fully saturated rings. The maximum absolute atomic E-state index is 13.3. The van der Waals surface area contributed by atoms with Gasteiger partial charge in [0.05, 0.1) is 4.47 Å². The molecule has 0 aromatic heterocycles. The van der Waals surface area contributed by atoms with E-state index in [4.69, 9.17) is 11.6 Å². The van der Waals surface area contributed by atoms with Gasteiger partial charge in [0, 0.05) is 5.56 Å². The van der Waals surface area contributed by atoms with E-state index in [1.807, 2.05) is 0 Å². The lowest BCUT2D eigenvalue weighted by Crippen LogP contribution is -2.13. The summed E-state index contributed by atoms with van der Waals surface area (Å²) in [4.78, 5) is 0. The lowest BCUT2D eigenvalue weighted by molar-refractivity contribution is 0.481. The number of hydrogen-bond acceptors (Lipinski definition) is 1. The minimum absolute atomic E-state index is 0.0521. The van der Waals surface area contributed by atoms with Crippen LogP contribution in [0.4, 0.5) is 13.2 Å². The first-order valence-electron chi connectivity index (χ1n) is 4.15. The summed E-state index contributed by atoms with van der Waals surface area (Å²) in [5.41, 5.74) is -0.0521. The number of benzene rings is 1. The molecule has 0 bridgehead atoms. The van der Waals surface area contributed by atoms with Crippen LogP contribution in [0.2, 0.25) is 5.02 Å². The van der Waals surface area contributed by atoms with Crippen molar-refractivity contribution in [2.75, 3.05) is 13.6 Å². The summed E-state index contributed by atoms with van der Waals surface area (Å²) in [6, 6.07) is 0. The highest BCUT2D eigenvalue weighted by Crippen LogP contribution is 2.32. The predicted octanol–water partition coefficient (Wildman–Crippen LogP) is 3.28. The van der Waals surface area contributed by atoms with Crippen molar-refractivity contribution in [1.82, 2.24) is 5.32 Å². The molecule has 1 rings (SSSR count). The molecule has 0 aliphatic rings. The Labute approximate surface area is 98.7 Å². The van der Waals surface area contributed by atoms with Gasteiger partial charge < -0.3 is 5.32 Å². The second-order valence-corrected chi connectivity index (χ2v) is 4.07. The summed E-state index contributed by atoms with van der Waals surface area (Å²) >= 11 is 8.11. The first-order valence-corrected chi connectivity index (χ1v) is 5.32. The number of halogens is 5. The van der Waals surface area contributed by atoms with Gasteiger partial charge in [-0.3, -0.25) is 0 Å². The average Bonchev–Trinajstić information content (AvgIpc) is 2.24. The van der Waals surface area contributed by atoms with Crippen LogP contribution in [0.5, 0.6) is 0 Å². The third kappa shape index (κ3) is 2.46. The first kappa shape index (κ1) is 12.8. The van der Waals surface area contributed by atoms with Crippen LogP contribution in [0.3, 0.4) is 0 Å². The molecular formula is C9H8BrClF3N. The van der Waals surface area contributed by atoms with E-state index in [0.717, 1.165) is 0 Å². The van der Waals surface area contributed by atoms with Crippen LogP contribution in [0.25, 0.3) is 0 Å². The van der Waals surface area contributed by atoms with Gasteiger partial charge in [-0.05, 0) is 35.9 Å². The second-order valence-electron chi connectivity index (χ2n) is 2.90. The van der Waals surface area contributed by atoms with Gasteiger partial charge in [0.1, 0.15) is 5.02 Å². The van der Waals surface area contributed by atoms with Crippen molar-refractivity contribution in [3.8, 4) is 0 Å². The van der Waals surface area contributed by atoms with E-state index < -0.39 is 22.5 Å². The Balaban J connectivity index is 3.26. The quantitative estimate of drug-likeness (QED) is 0.667. The molecule has 1 nitrogen and oxygen atoms in total. The molecule has 0 amide bonds. The van der Waals surface area contributed by atoms with Gasteiger partial charge in [0.15, 0.2) is 17.5 Å². The smallest absolute Gasteiger partial charge is 0.180 e. The lowest BCUT2D eigenvalue weighted by Gasteiger charge is -2.09. The van der Waals surface area contributed by atoms with E-state index in [9.17, 15) is 13.2 Å². The molecule has 6 heteroatoms. The fraction of sp³-hybridized carbons (Fsp3) is 0.333. The minimum atomic E-state index is -1.34. The minimum Gasteiger partial charge on any atom is -0.319 e. The molecule has 1 aromatic rings. The highest BCUT2D eigenvalue weighted by Gasteiger charge is 2.21. The fourth-order valence-electron chi connectivity index (χ4n) is 1.12. The summed E-state index contributed by atoms with van der Waals surface area (Å²) in [5, 5.41) is 1.93. The molecule has 0 radical (unpaired) electrons. The summed E-state index contributed by atoms with van der Waals surface area (Å²) in [7, 11) is 1.66. The summed E-state index contributed by atoms with van der Waals surface area (Å²) in [5.74, 6) is -3.42. The second kappa shape index (κ2) is 5.18. The van der Waals surface area contributed by atoms with Crippen molar-refractivity contribution in [1.29, 1.82) is 0 Å². The van der Waals surface area contributed by atoms with Crippen LogP contribution in [-0.2, 0) is 6.42 Å². The molecule has 0 aliphatic carbocycles. The van der Waals surface area contributed by atoms with Crippen LogP contribution in [0.1, 0.15) is 5.56 Å². The number of likely N-dealkylation sites (N-methyl/N-ethyl adjacent to an activating group) is 1. The first-order chi connectivity index (χ1) is 7.00. The molecule has 1 aromatic carbocycles. The van der Waals surface area contributed by atoms with Gasteiger partial charge in [-0.25, -0.2) is 13.2 Å². The van der Waals surface area contributed by atoms with Crippen LogP contribution in [-0.4, -0.2) is 13.6 Å². The van der Waals surface area contributed by atoms with Gasteiger partial charge in [-0.15, -0.1) is 0 Å². The third-order valence-electron chi connectivity index (χ3n) is 1.93. The molecule has 0 atom stereocenters. The summed E-state index contributed by atoms with van der Waals surface area (Å²) in [6.45, 7) is 0.413. The van der Waals surface area contributed by atoms with Crippen molar-refractivity contribution < 1.29 is 13.2 Å².